The van der Waals surface area contributed by atoms with Gasteiger partial charge in [-0.3, -0.25) is 0 Å². The molecule has 6 heteroatoms. The number of sulfonamides is 1. The number of methoxy groups -OCH3 is 1. The molecule has 0 radical (unpaired) electrons. The van der Waals surface area contributed by atoms with Gasteiger partial charge in [0.05, 0.1) is 17.6 Å². The Hall–Kier alpha value is -1.40. The number of esters is 1. The van der Waals surface area contributed by atoms with Crippen molar-refractivity contribution in [3.05, 3.63) is 29.8 Å². The van der Waals surface area contributed by atoms with E-state index in [1.54, 1.807) is 12.1 Å². The number of carbonyl (C=O) groups excluding carboxylic acids is 1. The number of rotatable bonds is 4. The Morgan fingerprint density at radius 1 is 1.26 bits per heavy atom. The van der Waals surface area contributed by atoms with Gasteiger partial charge in [-0.25, -0.2) is 17.9 Å². The lowest BCUT2D eigenvalue weighted by molar-refractivity contribution is 0.0596. The van der Waals surface area contributed by atoms with E-state index < -0.39 is 16.0 Å². The highest BCUT2D eigenvalue weighted by Gasteiger charge is 2.26. The van der Waals surface area contributed by atoms with Crippen molar-refractivity contribution in [3.8, 4) is 0 Å². The van der Waals surface area contributed by atoms with E-state index in [0.717, 1.165) is 25.7 Å². The molecule has 2 rings (SSSR count). The molecule has 1 aromatic carbocycles. The lowest BCUT2D eigenvalue weighted by Crippen LogP contribution is -2.33. The average Bonchev–Trinajstić information content (AvgIpc) is 2.90. The minimum atomic E-state index is -3.68. The van der Waals surface area contributed by atoms with E-state index in [0.29, 0.717) is 0 Å². The predicted molar refractivity (Wildman–Crippen MR) is 70.4 cm³/mol. The third-order valence-electron chi connectivity index (χ3n) is 3.26. The minimum absolute atomic E-state index is 0.0197. The van der Waals surface area contributed by atoms with Gasteiger partial charge < -0.3 is 4.74 Å². The van der Waals surface area contributed by atoms with Gasteiger partial charge >= 0.3 is 5.97 Å². The zero-order valence-electron chi connectivity index (χ0n) is 10.8. The quantitative estimate of drug-likeness (QED) is 0.854. The van der Waals surface area contributed by atoms with E-state index in [9.17, 15) is 13.2 Å². The second-order valence-corrected chi connectivity index (χ2v) is 6.27. The van der Waals surface area contributed by atoms with Gasteiger partial charge in [-0.1, -0.05) is 25.0 Å². The maximum Gasteiger partial charge on any atom is 0.339 e. The van der Waals surface area contributed by atoms with Crippen molar-refractivity contribution < 1.29 is 17.9 Å². The molecule has 104 valence electrons. The number of carbonyl (C=O) groups is 1. The molecule has 0 amide bonds. The molecule has 1 aromatic rings. The molecule has 0 saturated heterocycles. The first kappa shape index (κ1) is 14.0. The van der Waals surface area contributed by atoms with Crippen LogP contribution in [-0.4, -0.2) is 27.5 Å². The molecular weight excluding hydrogens is 266 g/mol. The van der Waals surface area contributed by atoms with Gasteiger partial charge in [0.2, 0.25) is 10.0 Å². The summed E-state index contributed by atoms with van der Waals surface area (Å²) in [4.78, 5) is 11.6. The standard InChI is InChI=1S/C13H17NO4S/c1-18-13(15)11-8-4-5-9-12(11)19(16,17)14-10-6-2-3-7-10/h4-5,8-10,14H,2-3,6-7H2,1H3. The Balaban J connectivity index is 2.31. The molecule has 0 atom stereocenters. The molecule has 0 aromatic heterocycles. The van der Waals surface area contributed by atoms with E-state index in [1.807, 2.05) is 0 Å². The maximum absolute atomic E-state index is 12.3. The van der Waals surface area contributed by atoms with Crippen LogP contribution in [0.5, 0.6) is 0 Å². The van der Waals surface area contributed by atoms with Crippen molar-refractivity contribution in [3.63, 3.8) is 0 Å². The second-order valence-electron chi connectivity index (χ2n) is 4.59. The summed E-state index contributed by atoms with van der Waals surface area (Å²) >= 11 is 0. The Morgan fingerprint density at radius 3 is 2.53 bits per heavy atom. The number of nitrogens with one attached hydrogen (secondary N) is 1. The molecule has 0 unspecified atom stereocenters. The third-order valence-corrected chi connectivity index (χ3v) is 4.84. The molecule has 0 spiro atoms. The van der Waals surface area contributed by atoms with Crippen molar-refractivity contribution in [1.29, 1.82) is 0 Å². The molecule has 1 saturated carbocycles. The van der Waals surface area contributed by atoms with Crippen LogP contribution < -0.4 is 4.72 Å². The monoisotopic (exact) mass is 283 g/mol. The van der Waals surface area contributed by atoms with Gasteiger partial charge in [0.15, 0.2) is 0 Å². The first-order valence-corrected chi connectivity index (χ1v) is 7.72. The molecule has 1 aliphatic carbocycles. The maximum atomic E-state index is 12.3. The van der Waals surface area contributed by atoms with Crippen LogP contribution in [0.15, 0.2) is 29.2 Å². The minimum Gasteiger partial charge on any atom is -0.465 e. The van der Waals surface area contributed by atoms with Gasteiger partial charge in [-0.2, -0.15) is 0 Å². The van der Waals surface area contributed by atoms with E-state index >= 15 is 0 Å². The van der Waals surface area contributed by atoms with Crippen molar-refractivity contribution in [2.24, 2.45) is 0 Å². The summed E-state index contributed by atoms with van der Waals surface area (Å²) in [6.45, 7) is 0. The third kappa shape index (κ3) is 3.13. The van der Waals surface area contributed by atoms with Crippen molar-refractivity contribution >= 4 is 16.0 Å². The van der Waals surface area contributed by atoms with Gasteiger partial charge in [-0.05, 0) is 25.0 Å². The average molecular weight is 283 g/mol. The molecular formula is C13H17NO4S. The highest BCUT2D eigenvalue weighted by Crippen LogP contribution is 2.22. The fraction of sp³-hybridized carbons (Fsp3) is 0.462. The van der Waals surface area contributed by atoms with E-state index in [1.165, 1.54) is 19.2 Å². The van der Waals surface area contributed by atoms with Crippen LogP contribution in [0, 0.1) is 0 Å². The second kappa shape index (κ2) is 5.71. The van der Waals surface area contributed by atoms with E-state index in [2.05, 4.69) is 9.46 Å². The Kier molecular flexibility index (Phi) is 4.21. The molecule has 1 N–H and O–H groups in total. The van der Waals surface area contributed by atoms with Crippen molar-refractivity contribution in [1.82, 2.24) is 4.72 Å². The number of hydrogen-bond acceptors (Lipinski definition) is 4. The normalized spacial score (nSPS) is 16.5. The molecule has 1 fully saturated rings. The van der Waals surface area contributed by atoms with Gasteiger partial charge in [0.25, 0.3) is 0 Å². The summed E-state index contributed by atoms with van der Waals surface area (Å²) in [5, 5.41) is 0. The van der Waals surface area contributed by atoms with Crippen molar-refractivity contribution in [2.75, 3.05) is 7.11 Å². The number of ether oxygens (including phenoxy) is 1. The van der Waals surface area contributed by atoms with Gasteiger partial charge in [-0.15, -0.1) is 0 Å². The summed E-state index contributed by atoms with van der Waals surface area (Å²) < 4.78 is 31.9. The lowest BCUT2D eigenvalue weighted by Gasteiger charge is -2.14. The fourth-order valence-corrected chi connectivity index (χ4v) is 3.81. The summed E-state index contributed by atoms with van der Waals surface area (Å²) in [5.41, 5.74) is 0.0653. The van der Waals surface area contributed by atoms with Crippen LogP contribution in [-0.2, 0) is 14.8 Å². The Labute approximate surface area is 113 Å². The fourth-order valence-electron chi connectivity index (χ4n) is 2.31. The number of benzene rings is 1. The molecule has 0 heterocycles. The molecule has 5 nitrogen and oxygen atoms in total. The van der Waals surface area contributed by atoms with Crippen LogP contribution in [0.4, 0.5) is 0 Å². The van der Waals surface area contributed by atoms with Crippen LogP contribution in [0.25, 0.3) is 0 Å². The zero-order chi connectivity index (χ0) is 13.9. The summed E-state index contributed by atoms with van der Waals surface area (Å²) in [6, 6.07) is 6.05. The SMILES string of the molecule is COC(=O)c1ccccc1S(=O)(=O)NC1CCCC1. The molecule has 0 bridgehead atoms. The van der Waals surface area contributed by atoms with Crippen LogP contribution in [0.1, 0.15) is 36.0 Å². The summed E-state index contributed by atoms with van der Waals surface area (Å²) in [7, 11) is -2.45. The summed E-state index contributed by atoms with van der Waals surface area (Å²) in [5.74, 6) is -0.646. The first-order valence-electron chi connectivity index (χ1n) is 6.24. The summed E-state index contributed by atoms with van der Waals surface area (Å²) in [6.07, 6.45) is 3.76. The Morgan fingerprint density at radius 2 is 1.89 bits per heavy atom. The van der Waals surface area contributed by atoms with E-state index in [4.69, 9.17) is 0 Å². The predicted octanol–water partition coefficient (Wildman–Crippen LogP) is 1.69. The van der Waals surface area contributed by atoms with Crippen LogP contribution in [0.2, 0.25) is 0 Å². The highest BCUT2D eigenvalue weighted by atomic mass is 32.2. The van der Waals surface area contributed by atoms with Gasteiger partial charge in [0, 0.05) is 6.04 Å². The number of hydrogen-bond donors (Lipinski definition) is 1. The van der Waals surface area contributed by atoms with Crippen molar-refractivity contribution in [2.45, 2.75) is 36.6 Å². The smallest absolute Gasteiger partial charge is 0.339 e. The topological polar surface area (TPSA) is 72.5 Å². The van der Waals surface area contributed by atoms with Gasteiger partial charge in [0.1, 0.15) is 0 Å². The van der Waals surface area contributed by atoms with Crippen LogP contribution in [0.3, 0.4) is 0 Å². The lowest BCUT2D eigenvalue weighted by atomic mass is 10.2. The zero-order valence-corrected chi connectivity index (χ0v) is 11.6. The molecule has 0 aliphatic heterocycles. The largest absolute Gasteiger partial charge is 0.465 e. The molecule has 19 heavy (non-hydrogen) atoms. The van der Waals surface area contributed by atoms with Crippen LogP contribution >= 0.6 is 0 Å². The van der Waals surface area contributed by atoms with E-state index in [-0.39, 0.29) is 16.5 Å². The Bertz CT molecular complexity index is 562. The highest BCUT2D eigenvalue weighted by molar-refractivity contribution is 7.89. The first-order chi connectivity index (χ1) is 9.04. The molecule has 1 aliphatic rings.